The van der Waals surface area contributed by atoms with E-state index in [9.17, 15) is 4.79 Å². The van der Waals surface area contributed by atoms with Crippen molar-refractivity contribution in [3.63, 3.8) is 0 Å². The monoisotopic (exact) mass is 372 g/mol. The number of piperidine rings is 1. The van der Waals surface area contributed by atoms with Crippen molar-refractivity contribution in [1.29, 1.82) is 0 Å². The molecule has 1 aromatic rings. The zero-order valence-corrected chi connectivity index (χ0v) is 17.8. The molecule has 2 aliphatic heterocycles. The molecular weight excluding hydrogens is 339 g/mol. The van der Waals surface area contributed by atoms with Gasteiger partial charge in [0.2, 0.25) is 0 Å². The molecule has 0 spiro atoms. The van der Waals surface area contributed by atoms with Crippen LogP contribution in [0.15, 0.2) is 18.2 Å². The Morgan fingerprint density at radius 3 is 2.15 bits per heavy atom. The molecule has 0 atom stereocenters. The number of carbonyl (C=O) groups excluding carboxylic acids is 1. The molecular formula is C21H33BN2O3. The minimum atomic E-state index is -0.395. The Balaban J connectivity index is 1.71. The lowest BCUT2D eigenvalue weighted by Crippen LogP contribution is -2.44. The second-order valence-corrected chi connectivity index (χ2v) is 9.15. The normalized spacial score (nSPS) is 22.5. The molecule has 3 rings (SSSR count). The minimum absolute atomic E-state index is 0.130. The number of hydrogen-bond acceptors (Lipinski definition) is 4. The van der Waals surface area contributed by atoms with E-state index in [-0.39, 0.29) is 17.1 Å². The van der Waals surface area contributed by atoms with Crippen LogP contribution >= 0.6 is 0 Å². The van der Waals surface area contributed by atoms with E-state index in [0.717, 1.165) is 42.5 Å². The smallest absolute Gasteiger partial charge is 0.399 e. The lowest BCUT2D eigenvalue weighted by atomic mass is 9.77. The highest BCUT2D eigenvalue weighted by Gasteiger charge is 2.51. The fourth-order valence-electron chi connectivity index (χ4n) is 3.81. The van der Waals surface area contributed by atoms with Gasteiger partial charge in [0.15, 0.2) is 0 Å². The summed E-state index contributed by atoms with van der Waals surface area (Å²) in [7, 11) is 3.83. The van der Waals surface area contributed by atoms with E-state index < -0.39 is 7.12 Å². The summed E-state index contributed by atoms with van der Waals surface area (Å²) in [6.45, 7) is 11.8. The average molecular weight is 372 g/mol. The third-order valence-corrected chi connectivity index (χ3v) is 6.49. The highest BCUT2D eigenvalue weighted by molar-refractivity contribution is 6.62. The van der Waals surface area contributed by atoms with Gasteiger partial charge < -0.3 is 19.1 Å². The van der Waals surface area contributed by atoms with Gasteiger partial charge >= 0.3 is 7.12 Å². The predicted molar refractivity (Wildman–Crippen MR) is 110 cm³/mol. The van der Waals surface area contributed by atoms with Crippen LogP contribution in [-0.2, 0) is 9.31 Å². The number of amides is 1. The SMILES string of the molecule is Cc1cc(B2OC(C)(C)C(C)(C)O2)ccc1C(=O)N1CCC(N(C)C)CC1. The van der Waals surface area contributed by atoms with Crippen LogP contribution in [0.5, 0.6) is 0 Å². The van der Waals surface area contributed by atoms with Crippen LogP contribution in [-0.4, -0.2) is 67.3 Å². The van der Waals surface area contributed by atoms with Gasteiger partial charge in [0, 0.05) is 24.7 Å². The van der Waals surface area contributed by atoms with E-state index >= 15 is 0 Å². The summed E-state index contributed by atoms with van der Waals surface area (Å²) >= 11 is 0. The van der Waals surface area contributed by atoms with Gasteiger partial charge in [-0.1, -0.05) is 12.1 Å². The van der Waals surface area contributed by atoms with Crippen LogP contribution in [0.2, 0.25) is 0 Å². The van der Waals surface area contributed by atoms with Crippen molar-refractivity contribution in [2.45, 2.75) is 64.7 Å². The second-order valence-electron chi connectivity index (χ2n) is 9.15. The molecule has 0 saturated carbocycles. The Kier molecular flexibility index (Phi) is 5.45. The van der Waals surface area contributed by atoms with Crippen LogP contribution in [0, 0.1) is 6.92 Å². The van der Waals surface area contributed by atoms with Gasteiger partial charge in [0.1, 0.15) is 0 Å². The van der Waals surface area contributed by atoms with Gasteiger partial charge in [0.25, 0.3) is 5.91 Å². The van der Waals surface area contributed by atoms with E-state index in [4.69, 9.17) is 9.31 Å². The molecule has 2 heterocycles. The first-order valence-corrected chi connectivity index (χ1v) is 9.94. The van der Waals surface area contributed by atoms with Gasteiger partial charge in [-0.25, -0.2) is 0 Å². The molecule has 0 bridgehead atoms. The van der Waals surface area contributed by atoms with Gasteiger partial charge in [-0.3, -0.25) is 4.79 Å². The molecule has 5 nitrogen and oxygen atoms in total. The Morgan fingerprint density at radius 2 is 1.67 bits per heavy atom. The zero-order valence-electron chi connectivity index (χ0n) is 17.8. The van der Waals surface area contributed by atoms with E-state index in [1.54, 1.807) is 0 Å². The summed E-state index contributed by atoms with van der Waals surface area (Å²) in [6.07, 6.45) is 2.06. The van der Waals surface area contributed by atoms with Gasteiger partial charge in [-0.05, 0) is 78.6 Å². The fraction of sp³-hybridized carbons (Fsp3) is 0.667. The molecule has 2 fully saturated rings. The summed E-state index contributed by atoms with van der Waals surface area (Å²) < 4.78 is 12.3. The summed E-state index contributed by atoms with van der Waals surface area (Å²) in [5, 5.41) is 0. The number of nitrogens with zero attached hydrogens (tertiary/aromatic N) is 2. The van der Waals surface area contributed by atoms with Crippen molar-refractivity contribution >= 4 is 18.5 Å². The van der Waals surface area contributed by atoms with Crippen LogP contribution in [0.4, 0.5) is 0 Å². The van der Waals surface area contributed by atoms with Crippen molar-refractivity contribution in [3.8, 4) is 0 Å². The summed E-state index contributed by atoms with van der Waals surface area (Å²) in [5.74, 6) is 0.130. The molecule has 2 aliphatic rings. The molecule has 2 saturated heterocycles. The Hall–Kier alpha value is -1.37. The highest BCUT2D eigenvalue weighted by Crippen LogP contribution is 2.36. The van der Waals surface area contributed by atoms with E-state index in [1.165, 1.54) is 0 Å². The summed E-state index contributed by atoms with van der Waals surface area (Å²) in [4.78, 5) is 17.2. The highest BCUT2D eigenvalue weighted by atomic mass is 16.7. The predicted octanol–water partition coefficient (Wildman–Crippen LogP) is 2.46. The van der Waals surface area contributed by atoms with Crippen molar-refractivity contribution in [2.75, 3.05) is 27.2 Å². The average Bonchev–Trinajstić information content (AvgIpc) is 2.82. The zero-order chi connectivity index (χ0) is 20.0. The maximum absolute atomic E-state index is 13.0. The molecule has 1 aromatic carbocycles. The molecule has 0 unspecified atom stereocenters. The number of benzene rings is 1. The standard InChI is InChI=1S/C21H33BN2O3/c1-15-14-16(22-26-20(2,3)21(4,5)27-22)8-9-18(15)19(25)24-12-10-17(11-13-24)23(6)7/h8-9,14,17H,10-13H2,1-7H3. The van der Waals surface area contributed by atoms with Gasteiger partial charge in [-0.15, -0.1) is 0 Å². The molecule has 0 N–H and O–H groups in total. The summed E-state index contributed by atoms with van der Waals surface area (Å²) in [6, 6.07) is 6.49. The first-order chi connectivity index (χ1) is 12.5. The fourth-order valence-corrected chi connectivity index (χ4v) is 3.81. The van der Waals surface area contributed by atoms with Crippen molar-refractivity contribution in [1.82, 2.24) is 9.80 Å². The first-order valence-electron chi connectivity index (χ1n) is 9.94. The first kappa shape index (κ1) is 20.4. The molecule has 1 amide bonds. The van der Waals surface area contributed by atoms with E-state index in [0.29, 0.717) is 6.04 Å². The third-order valence-electron chi connectivity index (χ3n) is 6.49. The second kappa shape index (κ2) is 7.23. The van der Waals surface area contributed by atoms with Crippen molar-refractivity contribution < 1.29 is 14.1 Å². The molecule has 0 radical (unpaired) electrons. The number of hydrogen-bond donors (Lipinski definition) is 0. The molecule has 27 heavy (non-hydrogen) atoms. The van der Waals surface area contributed by atoms with Crippen LogP contribution in [0.1, 0.15) is 56.5 Å². The molecule has 0 aromatic heterocycles. The maximum atomic E-state index is 13.0. The van der Waals surface area contributed by atoms with Gasteiger partial charge in [-0.2, -0.15) is 0 Å². The van der Waals surface area contributed by atoms with Crippen molar-refractivity contribution in [3.05, 3.63) is 29.3 Å². The number of likely N-dealkylation sites (tertiary alicyclic amines) is 1. The minimum Gasteiger partial charge on any atom is -0.399 e. The quantitative estimate of drug-likeness (QED) is 0.765. The molecule has 148 valence electrons. The third kappa shape index (κ3) is 3.93. The topological polar surface area (TPSA) is 42.0 Å². The number of carbonyl (C=O) groups is 1. The largest absolute Gasteiger partial charge is 0.494 e. The number of rotatable bonds is 3. The number of aryl methyl sites for hydroxylation is 1. The lowest BCUT2D eigenvalue weighted by Gasteiger charge is -2.35. The summed E-state index contributed by atoms with van der Waals surface area (Å²) in [5.41, 5.74) is 1.99. The lowest BCUT2D eigenvalue weighted by molar-refractivity contribution is 0.00578. The maximum Gasteiger partial charge on any atom is 0.494 e. The Morgan fingerprint density at radius 1 is 1.11 bits per heavy atom. The molecule has 0 aliphatic carbocycles. The van der Waals surface area contributed by atoms with Crippen molar-refractivity contribution in [2.24, 2.45) is 0 Å². The Labute approximate surface area is 164 Å². The van der Waals surface area contributed by atoms with E-state index in [1.807, 2.05) is 30.0 Å². The van der Waals surface area contributed by atoms with Gasteiger partial charge in [0.05, 0.1) is 11.2 Å². The van der Waals surface area contributed by atoms with Crippen LogP contribution < -0.4 is 5.46 Å². The van der Waals surface area contributed by atoms with E-state index in [2.05, 4.69) is 46.7 Å². The van der Waals surface area contributed by atoms with Crippen LogP contribution in [0.3, 0.4) is 0 Å². The molecule has 6 heteroatoms. The van der Waals surface area contributed by atoms with Crippen LogP contribution in [0.25, 0.3) is 0 Å². The Bertz CT molecular complexity index is 693.